The molecule has 2 aromatic rings. The third-order valence-electron chi connectivity index (χ3n) is 3.89. The molecule has 1 aromatic carbocycles. The van der Waals surface area contributed by atoms with Gasteiger partial charge in [-0.2, -0.15) is 0 Å². The lowest BCUT2D eigenvalue weighted by Gasteiger charge is -2.16. The number of methoxy groups -OCH3 is 1. The molecule has 1 amide bonds. The summed E-state index contributed by atoms with van der Waals surface area (Å²) in [5, 5.41) is 12.3. The molecule has 0 aliphatic rings. The monoisotopic (exact) mass is 371 g/mol. The predicted molar refractivity (Wildman–Crippen MR) is 103 cm³/mol. The van der Waals surface area contributed by atoms with Gasteiger partial charge >= 0.3 is 0 Å². The number of amides is 1. The van der Waals surface area contributed by atoms with Crippen LogP contribution in [0.15, 0.2) is 54.4 Å². The summed E-state index contributed by atoms with van der Waals surface area (Å²) < 4.78 is 5.08. The van der Waals surface area contributed by atoms with Gasteiger partial charge < -0.3 is 25.0 Å². The van der Waals surface area contributed by atoms with Crippen molar-refractivity contribution in [1.29, 1.82) is 0 Å². The summed E-state index contributed by atoms with van der Waals surface area (Å²) in [4.78, 5) is 29.7. The van der Waals surface area contributed by atoms with Crippen molar-refractivity contribution < 1.29 is 19.4 Å². The van der Waals surface area contributed by atoms with Crippen molar-refractivity contribution >= 4 is 11.7 Å². The molecule has 1 atom stereocenters. The number of rotatable bonds is 9. The highest BCUT2D eigenvalue weighted by Gasteiger charge is 2.19. The van der Waals surface area contributed by atoms with E-state index in [9.17, 15) is 14.7 Å². The number of aromatic amines is 1. The van der Waals surface area contributed by atoms with E-state index in [0.29, 0.717) is 11.1 Å². The summed E-state index contributed by atoms with van der Waals surface area (Å²) >= 11 is 0. The fraction of sp³-hybridized carbons (Fsp3) is 0.300. The fourth-order valence-electron chi connectivity index (χ4n) is 2.63. The van der Waals surface area contributed by atoms with Crippen molar-refractivity contribution in [1.82, 2.24) is 15.2 Å². The number of Topliss-reactive ketones (excluding diaryl/α,β-unsaturated/α-hetero) is 1. The molecule has 27 heavy (non-hydrogen) atoms. The number of carbonyl (C=O) groups is 2. The number of nitrogens with zero attached hydrogens (tertiary/aromatic N) is 1. The van der Waals surface area contributed by atoms with Crippen LogP contribution in [0, 0.1) is 0 Å². The van der Waals surface area contributed by atoms with Gasteiger partial charge in [0.2, 0.25) is 0 Å². The molecule has 0 radical (unpaired) electrons. The maximum absolute atomic E-state index is 12.6. The summed E-state index contributed by atoms with van der Waals surface area (Å²) in [6.45, 7) is -0.0594. The molecule has 144 valence electrons. The Labute approximate surface area is 158 Å². The first-order valence-electron chi connectivity index (χ1n) is 8.52. The van der Waals surface area contributed by atoms with E-state index in [0.717, 1.165) is 5.56 Å². The van der Waals surface area contributed by atoms with Crippen LogP contribution < -0.4 is 5.32 Å². The molecule has 0 aliphatic carbocycles. The van der Waals surface area contributed by atoms with E-state index in [1.807, 2.05) is 44.4 Å². The number of aliphatic hydroxyl groups excluding tert-OH is 1. The molecule has 0 fully saturated rings. The Morgan fingerprint density at radius 1 is 1.30 bits per heavy atom. The Bertz CT molecular complexity index is 797. The second kappa shape index (κ2) is 9.70. The standard InChI is InChI=1S/C20H25N3O4/c1-23(2)11-16(13-27-3)19(25)15-9-17(21-10-15)20(26)22-18(12-24)14-7-5-4-6-8-14/h4-11,18,21,24H,12-13H2,1-3H3,(H,22,26)/b16-11+/t18-/m1/s1. The average molecular weight is 371 g/mol. The van der Waals surface area contributed by atoms with Crippen molar-refractivity contribution in [2.24, 2.45) is 0 Å². The first kappa shape index (κ1) is 20.4. The van der Waals surface area contributed by atoms with E-state index >= 15 is 0 Å². The first-order valence-corrected chi connectivity index (χ1v) is 8.52. The van der Waals surface area contributed by atoms with Gasteiger partial charge in [0, 0.05) is 44.7 Å². The van der Waals surface area contributed by atoms with Crippen molar-refractivity contribution in [3.05, 3.63) is 71.2 Å². The number of benzene rings is 1. The van der Waals surface area contributed by atoms with Gasteiger partial charge in [-0.25, -0.2) is 0 Å². The van der Waals surface area contributed by atoms with Crippen LogP contribution >= 0.6 is 0 Å². The lowest BCUT2D eigenvalue weighted by Crippen LogP contribution is -2.31. The summed E-state index contributed by atoms with van der Waals surface area (Å²) in [5.41, 5.74) is 1.89. The number of aliphatic hydroxyl groups is 1. The second-order valence-electron chi connectivity index (χ2n) is 6.30. The van der Waals surface area contributed by atoms with E-state index in [2.05, 4.69) is 10.3 Å². The van der Waals surface area contributed by atoms with E-state index in [-0.39, 0.29) is 24.7 Å². The van der Waals surface area contributed by atoms with Crippen LogP contribution in [0.5, 0.6) is 0 Å². The minimum atomic E-state index is -0.529. The number of carbonyl (C=O) groups excluding carboxylic acids is 2. The number of ketones is 1. The summed E-state index contributed by atoms with van der Waals surface area (Å²) in [6.07, 6.45) is 3.18. The van der Waals surface area contributed by atoms with Crippen LogP contribution in [0.4, 0.5) is 0 Å². The zero-order valence-electron chi connectivity index (χ0n) is 15.7. The molecule has 0 unspecified atom stereocenters. The maximum Gasteiger partial charge on any atom is 0.268 e. The quantitative estimate of drug-likeness (QED) is 0.461. The number of hydrogen-bond acceptors (Lipinski definition) is 5. The minimum Gasteiger partial charge on any atom is -0.394 e. The Hall–Kier alpha value is -2.90. The molecule has 7 nitrogen and oxygen atoms in total. The average Bonchev–Trinajstić information content (AvgIpc) is 3.15. The smallest absolute Gasteiger partial charge is 0.268 e. The normalized spacial score (nSPS) is 12.5. The lowest BCUT2D eigenvalue weighted by atomic mass is 10.1. The zero-order valence-corrected chi connectivity index (χ0v) is 15.7. The molecule has 1 aromatic heterocycles. The van der Waals surface area contributed by atoms with Gasteiger partial charge in [-0.05, 0) is 11.6 Å². The fourth-order valence-corrected chi connectivity index (χ4v) is 2.63. The maximum atomic E-state index is 12.6. The van der Waals surface area contributed by atoms with Crippen LogP contribution in [-0.4, -0.2) is 61.1 Å². The van der Waals surface area contributed by atoms with E-state index in [1.54, 1.807) is 11.1 Å². The van der Waals surface area contributed by atoms with Crippen molar-refractivity contribution in [3.63, 3.8) is 0 Å². The highest BCUT2D eigenvalue weighted by atomic mass is 16.5. The van der Waals surface area contributed by atoms with Gasteiger partial charge in [0.25, 0.3) is 5.91 Å². The van der Waals surface area contributed by atoms with Crippen LogP contribution in [-0.2, 0) is 4.74 Å². The van der Waals surface area contributed by atoms with Gasteiger partial charge in [0.1, 0.15) is 5.69 Å². The summed E-state index contributed by atoms with van der Waals surface area (Å²) in [6, 6.07) is 10.2. The third kappa shape index (κ3) is 5.54. The van der Waals surface area contributed by atoms with Gasteiger partial charge in [-0.3, -0.25) is 9.59 Å². The van der Waals surface area contributed by atoms with Gasteiger partial charge in [0.05, 0.1) is 19.3 Å². The van der Waals surface area contributed by atoms with Crippen LogP contribution in [0.2, 0.25) is 0 Å². The molecule has 0 bridgehead atoms. The Morgan fingerprint density at radius 2 is 2.00 bits per heavy atom. The van der Waals surface area contributed by atoms with Gasteiger partial charge in [-0.15, -0.1) is 0 Å². The van der Waals surface area contributed by atoms with Crippen molar-refractivity contribution in [2.45, 2.75) is 6.04 Å². The third-order valence-corrected chi connectivity index (χ3v) is 3.89. The molecule has 1 heterocycles. The molecular weight excluding hydrogens is 346 g/mol. The molecule has 0 saturated carbocycles. The molecule has 0 spiro atoms. The van der Waals surface area contributed by atoms with Crippen LogP contribution in [0.3, 0.4) is 0 Å². The van der Waals surface area contributed by atoms with E-state index < -0.39 is 11.9 Å². The highest BCUT2D eigenvalue weighted by molar-refractivity contribution is 6.10. The summed E-state index contributed by atoms with van der Waals surface area (Å²) in [5.74, 6) is -0.621. The molecule has 2 rings (SSSR count). The Balaban J connectivity index is 2.14. The largest absolute Gasteiger partial charge is 0.394 e. The number of aromatic nitrogens is 1. The first-order chi connectivity index (χ1) is 13.0. The Morgan fingerprint density at radius 3 is 2.59 bits per heavy atom. The van der Waals surface area contributed by atoms with E-state index in [1.165, 1.54) is 19.4 Å². The van der Waals surface area contributed by atoms with Crippen molar-refractivity contribution in [3.8, 4) is 0 Å². The van der Waals surface area contributed by atoms with E-state index in [4.69, 9.17) is 4.74 Å². The number of hydrogen-bond donors (Lipinski definition) is 3. The molecule has 0 saturated heterocycles. The number of nitrogens with one attached hydrogen (secondary N) is 2. The Kier molecular flexibility index (Phi) is 7.34. The van der Waals surface area contributed by atoms with Crippen LogP contribution in [0.1, 0.15) is 32.5 Å². The zero-order chi connectivity index (χ0) is 19.8. The number of H-pyrrole nitrogens is 1. The predicted octanol–water partition coefficient (Wildman–Crippen LogP) is 1.75. The topological polar surface area (TPSA) is 94.7 Å². The summed E-state index contributed by atoms with van der Waals surface area (Å²) in [7, 11) is 5.15. The van der Waals surface area contributed by atoms with Crippen molar-refractivity contribution in [2.75, 3.05) is 34.4 Å². The molecule has 3 N–H and O–H groups in total. The van der Waals surface area contributed by atoms with Crippen LogP contribution in [0.25, 0.3) is 0 Å². The molecule has 7 heteroatoms. The lowest BCUT2D eigenvalue weighted by molar-refractivity contribution is 0.0911. The SMILES string of the molecule is COC/C(=C\N(C)C)C(=O)c1c[nH]c(C(=O)N[C@H](CO)c2ccccc2)c1. The van der Waals surface area contributed by atoms with Gasteiger partial charge in [-0.1, -0.05) is 30.3 Å². The second-order valence-corrected chi connectivity index (χ2v) is 6.30. The van der Waals surface area contributed by atoms with Gasteiger partial charge in [0.15, 0.2) is 5.78 Å². The molecule has 0 aliphatic heterocycles. The minimum absolute atomic E-state index is 0.171. The highest BCUT2D eigenvalue weighted by Crippen LogP contribution is 2.15. The number of ether oxygens (including phenoxy) is 1. The molecular formula is C20H25N3O4.